The molecule has 0 aliphatic rings. The second kappa shape index (κ2) is 14.0. The first-order valence-electron chi connectivity index (χ1n) is 7.84. The summed E-state index contributed by atoms with van der Waals surface area (Å²) in [6.07, 6.45) is 3.89. The van der Waals surface area contributed by atoms with Crippen molar-refractivity contribution in [1.29, 1.82) is 0 Å². The molecule has 0 aromatic heterocycles. The van der Waals surface area contributed by atoms with Crippen molar-refractivity contribution in [2.24, 2.45) is 4.99 Å². The smallest absolute Gasteiger partial charge is 0.269 e. The van der Waals surface area contributed by atoms with Gasteiger partial charge >= 0.3 is 0 Å². The van der Waals surface area contributed by atoms with Gasteiger partial charge in [-0.15, -0.1) is 24.0 Å². The molecule has 0 aliphatic heterocycles. The number of benzene rings is 1. The lowest BCUT2D eigenvalue weighted by molar-refractivity contribution is -0.384. The van der Waals surface area contributed by atoms with Crippen molar-refractivity contribution in [2.45, 2.75) is 25.7 Å². The van der Waals surface area contributed by atoms with Crippen molar-refractivity contribution >= 4 is 35.6 Å². The Kier molecular flexibility index (Phi) is 13.1. The van der Waals surface area contributed by atoms with Gasteiger partial charge in [-0.2, -0.15) is 0 Å². The van der Waals surface area contributed by atoms with E-state index in [-0.39, 0.29) is 34.6 Å². The number of hydrogen-bond acceptors (Lipinski definition) is 4. The fourth-order valence-corrected chi connectivity index (χ4v) is 2.09. The highest BCUT2D eigenvalue weighted by Crippen LogP contribution is 2.13. The van der Waals surface area contributed by atoms with Gasteiger partial charge in [0.05, 0.1) is 4.92 Å². The van der Waals surface area contributed by atoms with Gasteiger partial charge in [0.25, 0.3) is 5.69 Å². The first-order chi connectivity index (χ1) is 11.2. The fourth-order valence-electron chi connectivity index (χ4n) is 2.09. The molecule has 1 rings (SSSR count). The number of nitrogens with zero attached hydrogens (tertiary/aromatic N) is 2. The van der Waals surface area contributed by atoms with Gasteiger partial charge in [-0.1, -0.05) is 12.1 Å². The molecule has 0 fully saturated rings. The average Bonchev–Trinajstić information content (AvgIpc) is 2.57. The van der Waals surface area contributed by atoms with Crippen LogP contribution in [-0.4, -0.2) is 44.7 Å². The quantitative estimate of drug-likeness (QED) is 0.143. The van der Waals surface area contributed by atoms with E-state index in [1.165, 1.54) is 0 Å². The molecule has 7 nitrogen and oxygen atoms in total. The number of methoxy groups -OCH3 is 1. The Morgan fingerprint density at radius 2 is 1.79 bits per heavy atom. The highest BCUT2D eigenvalue weighted by molar-refractivity contribution is 14.0. The molecule has 0 amide bonds. The number of hydrogen-bond donors (Lipinski definition) is 2. The topological polar surface area (TPSA) is 88.8 Å². The van der Waals surface area contributed by atoms with Crippen LogP contribution in [0.5, 0.6) is 0 Å². The molecule has 24 heavy (non-hydrogen) atoms. The maximum atomic E-state index is 10.6. The first-order valence-corrected chi connectivity index (χ1v) is 7.84. The van der Waals surface area contributed by atoms with E-state index in [2.05, 4.69) is 15.6 Å². The van der Waals surface area contributed by atoms with Crippen LogP contribution in [-0.2, 0) is 11.2 Å². The third kappa shape index (κ3) is 9.66. The van der Waals surface area contributed by atoms with E-state index in [1.54, 1.807) is 26.3 Å². The summed E-state index contributed by atoms with van der Waals surface area (Å²) >= 11 is 0. The summed E-state index contributed by atoms with van der Waals surface area (Å²) in [4.78, 5) is 14.4. The Bertz CT molecular complexity index is 495. The van der Waals surface area contributed by atoms with Gasteiger partial charge in [0.15, 0.2) is 5.96 Å². The van der Waals surface area contributed by atoms with Gasteiger partial charge in [-0.25, -0.2) is 0 Å². The molecule has 1 aromatic rings. The van der Waals surface area contributed by atoms with Crippen LogP contribution in [0.3, 0.4) is 0 Å². The lowest BCUT2D eigenvalue weighted by Crippen LogP contribution is -2.38. The Labute approximate surface area is 160 Å². The molecule has 0 saturated heterocycles. The molecule has 0 radical (unpaired) electrons. The van der Waals surface area contributed by atoms with Crippen LogP contribution < -0.4 is 10.6 Å². The zero-order valence-corrected chi connectivity index (χ0v) is 16.6. The van der Waals surface area contributed by atoms with Crippen LogP contribution >= 0.6 is 24.0 Å². The van der Waals surface area contributed by atoms with Gasteiger partial charge in [-0.3, -0.25) is 15.1 Å². The number of guanidine groups is 1. The number of aliphatic imine (C=N–C) groups is 1. The van der Waals surface area contributed by atoms with Gasteiger partial charge < -0.3 is 15.4 Å². The zero-order valence-electron chi connectivity index (χ0n) is 14.3. The molecule has 136 valence electrons. The van der Waals surface area contributed by atoms with E-state index in [1.807, 2.05) is 12.1 Å². The summed E-state index contributed by atoms with van der Waals surface area (Å²) in [5.74, 6) is 0.802. The summed E-state index contributed by atoms with van der Waals surface area (Å²) < 4.78 is 5.00. The van der Waals surface area contributed by atoms with Crippen molar-refractivity contribution in [3.63, 3.8) is 0 Å². The van der Waals surface area contributed by atoms with Crippen molar-refractivity contribution in [1.82, 2.24) is 10.6 Å². The van der Waals surface area contributed by atoms with Crippen molar-refractivity contribution in [3.8, 4) is 0 Å². The van der Waals surface area contributed by atoms with Crippen molar-refractivity contribution < 1.29 is 9.66 Å². The molecule has 2 N–H and O–H groups in total. The van der Waals surface area contributed by atoms with Gasteiger partial charge in [0.2, 0.25) is 0 Å². The average molecular weight is 450 g/mol. The molecule has 0 heterocycles. The molecule has 1 aromatic carbocycles. The van der Waals surface area contributed by atoms with Crippen LogP contribution in [0.15, 0.2) is 29.3 Å². The summed E-state index contributed by atoms with van der Waals surface area (Å²) in [5.41, 5.74) is 1.26. The number of nitro benzene ring substituents is 1. The Hall–Kier alpha value is -1.42. The van der Waals surface area contributed by atoms with Crippen LogP contribution in [0, 0.1) is 10.1 Å². The minimum atomic E-state index is -0.376. The van der Waals surface area contributed by atoms with Gasteiger partial charge in [-0.05, 0) is 31.2 Å². The maximum absolute atomic E-state index is 10.6. The third-order valence-corrected chi connectivity index (χ3v) is 3.37. The number of aryl methyl sites for hydroxylation is 1. The van der Waals surface area contributed by atoms with E-state index in [9.17, 15) is 10.1 Å². The number of ether oxygens (including phenoxy) is 1. The van der Waals surface area contributed by atoms with Gasteiger partial charge in [0, 0.05) is 46.0 Å². The highest BCUT2D eigenvalue weighted by Gasteiger charge is 2.03. The monoisotopic (exact) mass is 450 g/mol. The molecular weight excluding hydrogens is 423 g/mol. The summed E-state index contributed by atoms with van der Waals surface area (Å²) in [6.45, 7) is 2.41. The minimum absolute atomic E-state index is 0. The van der Waals surface area contributed by atoms with Crippen LogP contribution in [0.25, 0.3) is 0 Å². The number of non-ortho nitro benzene ring substituents is 1. The summed E-state index contributed by atoms with van der Waals surface area (Å²) in [6, 6.07) is 6.75. The Morgan fingerprint density at radius 1 is 1.17 bits per heavy atom. The van der Waals surface area contributed by atoms with Crippen molar-refractivity contribution in [2.75, 3.05) is 33.9 Å². The molecule has 0 atom stereocenters. The number of nitrogens with one attached hydrogen (secondary N) is 2. The van der Waals surface area contributed by atoms with E-state index in [4.69, 9.17) is 4.74 Å². The standard InChI is InChI=1S/C16H26N4O3.HI/c1-17-16(19-12-5-13-23-2)18-11-4-3-6-14-7-9-15(10-8-14)20(21)22;/h7-10H,3-6,11-13H2,1-2H3,(H2,17,18,19);1H. The predicted octanol–water partition coefficient (Wildman–Crippen LogP) is 2.74. The van der Waals surface area contributed by atoms with E-state index >= 15 is 0 Å². The van der Waals surface area contributed by atoms with E-state index in [0.717, 1.165) is 56.9 Å². The van der Waals surface area contributed by atoms with Crippen molar-refractivity contribution in [3.05, 3.63) is 39.9 Å². The Morgan fingerprint density at radius 3 is 2.33 bits per heavy atom. The largest absolute Gasteiger partial charge is 0.385 e. The molecular formula is C16H27IN4O3. The second-order valence-electron chi connectivity index (χ2n) is 5.15. The lowest BCUT2D eigenvalue weighted by atomic mass is 10.1. The van der Waals surface area contributed by atoms with E-state index < -0.39 is 0 Å². The summed E-state index contributed by atoms with van der Waals surface area (Å²) in [5, 5.41) is 17.1. The van der Waals surface area contributed by atoms with Gasteiger partial charge in [0.1, 0.15) is 0 Å². The normalized spacial score (nSPS) is 10.8. The third-order valence-electron chi connectivity index (χ3n) is 3.37. The van der Waals surface area contributed by atoms with Crippen LogP contribution in [0.4, 0.5) is 5.69 Å². The fraction of sp³-hybridized carbons (Fsp3) is 0.562. The summed E-state index contributed by atoms with van der Waals surface area (Å²) in [7, 11) is 3.44. The molecule has 0 spiro atoms. The van der Waals surface area contributed by atoms with Crippen LogP contribution in [0.2, 0.25) is 0 Å². The lowest BCUT2D eigenvalue weighted by Gasteiger charge is -2.11. The number of rotatable bonds is 10. The molecule has 0 bridgehead atoms. The van der Waals surface area contributed by atoms with E-state index in [0.29, 0.717) is 0 Å². The first kappa shape index (κ1) is 22.6. The molecule has 0 saturated carbocycles. The highest BCUT2D eigenvalue weighted by atomic mass is 127. The number of halogens is 1. The minimum Gasteiger partial charge on any atom is -0.385 e. The molecule has 0 unspecified atom stereocenters. The molecule has 0 aliphatic carbocycles. The maximum Gasteiger partial charge on any atom is 0.269 e. The predicted molar refractivity (Wildman–Crippen MR) is 107 cm³/mol. The molecule has 8 heteroatoms. The Balaban J connectivity index is 0.00000529. The van der Waals surface area contributed by atoms with Crippen LogP contribution in [0.1, 0.15) is 24.8 Å². The SMILES string of the molecule is CN=C(NCCCCc1ccc([N+](=O)[O-])cc1)NCCCOC.I. The number of unbranched alkanes of at least 4 members (excludes halogenated alkanes) is 1. The zero-order chi connectivity index (χ0) is 16.9. The number of nitro groups is 1. The second-order valence-corrected chi connectivity index (χ2v) is 5.15.